The average molecular weight is 393 g/mol. The van der Waals surface area contributed by atoms with Gasteiger partial charge >= 0.3 is 11.9 Å². The number of carboxylic acids is 2. The predicted molar refractivity (Wildman–Crippen MR) is 101 cm³/mol. The van der Waals surface area contributed by atoms with Crippen LogP contribution in [-0.4, -0.2) is 52.1 Å². The van der Waals surface area contributed by atoms with Crippen LogP contribution < -0.4 is 16.4 Å². The van der Waals surface area contributed by atoms with Crippen molar-refractivity contribution in [3.8, 4) is 0 Å². The van der Waals surface area contributed by atoms with Crippen molar-refractivity contribution in [2.45, 2.75) is 57.2 Å². The number of carbonyl (C=O) groups excluding carboxylic acids is 2. The zero-order chi connectivity index (χ0) is 21.1. The molecule has 0 aliphatic heterocycles. The van der Waals surface area contributed by atoms with E-state index in [1.54, 1.807) is 6.92 Å². The van der Waals surface area contributed by atoms with E-state index in [0.717, 1.165) is 5.56 Å². The molecule has 1 aromatic carbocycles. The van der Waals surface area contributed by atoms with Gasteiger partial charge in [-0.05, 0) is 31.7 Å². The first kappa shape index (κ1) is 23.1. The highest BCUT2D eigenvalue weighted by Gasteiger charge is 2.25. The summed E-state index contributed by atoms with van der Waals surface area (Å²) >= 11 is 0. The molecule has 3 atom stereocenters. The maximum absolute atomic E-state index is 12.5. The normalized spacial score (nSPS) is 13.8. The molecule has 0 fully saturated rings. The first-order chi connectivity index (χ1) is 13.2. The Labute approximate surface area is 163 Å². The topological polar surface area (TPSA) is 159 Å². The van der Waals surface area contributed by atoms with Gasteiger partial charge in [-0.2, -0.15) is 0 Å². The van der Waals surface area contributed by atoms with E-state index in [4.69, 9.17) is 15.9 Å². The molecule has 1 unspecified atom stereocenters. The fourth-order valence-corrected chi connectivity index (χ4v) is 2.59. The first-order valence-corrected chi connectivity index (χ1v) is 9.03. The molecule has 1 aromatic rings. The van der Waals surface area contributed by atoms with Gasteiger partial charge in [0, 0.05) is 18.9 Å². The fourth-order valence-electron chi connectivity index (χ4n) is 2.59. The number of benzene rings is 1. The zero-order valence-corrected chi connectivity index (χ0v) is 15.8. The minimum Gasteiger partial charge on any atom is -0.481 e. The van der Waals surface area contributed by atoms with E-state index < -0.39 is 35.8 Å². The molecule has 0 aromatic heterocycles. The maximum Gasteiger partial charge on any atom is 0.303 e. The van der Waals surface area contributed by atoms with Crippen LogP contribution in [0.3, 0.4) is 0 Å². The van der Waals surface area contributed by atoms with Gasteiger partial charge in [0.15, 0.2) is 0 Å². The lowest BCUT2D eigenvalue weighted by Gasteiger charge is -2.22. The van der Waals surface area contributed by atoms with E-state index in [-0.39, 0.29) is 31.7 Å². The lowest BCUT2D eigenvalue weighted by atomic mass is 10.1. The SMILES string of the molecule is CC(Cc1ccccc1)NC(=O)[C@H](CCC(=O)O)NC(=O)[C@@H](N)CCC(=O)O. The van der Waals surface area contributed by atoms with Crippen molar-refractivity contribution < 1.29 is 29.4 Å². The van der Waals surface area contributed by atoms with Gasteiger partial charge in [0.25, 0.3) is 0 Å². The van der Waals surface area contributed by atoms with Crippen LogP contribution in [0, 0.1) is 0 Å². The Kier molecular flexibility index (Phi) is 9.66. The quantitative estimate of drug-likeness (QED) is 0.341. The Balaban J connectivity index is 2.67. The average Bonchev–Trinajstić information content (AvgIpc) is 2.63. The Bertz CT molecular complexity index is 680. The summed E-state index contributed by atoms with van der Waals surface area (Å²) in [5.41, 5.74) is 6.68. The molecule has 154 valence electrons. The number of hydrogen-bond acceptors (Lipinski definition) is 5. The van der Waals surface area contributed by atoms with E-state index in [0.29, 0.717) is 6.42 Å². The molecule has 0 heterocycles. The van der Waals surface area contributed by atoms with Crippen molar-refractivity contribution in [1.29, 1.82) is 0 Å². The number of amides is 2. The largest absolute Gasteiger partial charge is 0.481 e. The van der Waals surface area contributed by atoms with Gasteiger partial charge in [0.1, 0.15) is 6.04 Å². The van der Waals surface area contributed by atoms with Gasteiger partial charge in [-0.25, -0.2) is 0 Å². The van der Waals surface area contributed by atoms with Crippen LogP contribution in [-0.2, 0) is 25.6 Å². The molecule has 0 radical (unpaired) electrons. The fraction of sp³-hybridized carbons (Fsp3) is 0.474. The molecule has 9 heteroatoms. The minimum atomic E-state index is -1.10. The summed E-state index contributed by atoms with van der Waals surface area (Å²) in [4.78, 5) is 46.1. The molecule has 6 N–H and O–H groups in total. The predicted octanol–water partition coefficient (Wildman–Crippen LogP) is 0.276. The van der Waals surface area contributed by atoms with Crippen molar-refractivity contribution in [3.05, 3.63) is 35.9 Å². The molecule has 0 aliphatic rings. The third-order valence-corrected chi connectivity index (χ3v) is 4.06. The molecule has 0 aliphatic carbocycles. The van der Waals surface area contributed by atoms with Crippen molar-refractivity contribution in [3.63, 3.8) is 0 Å². The smallest absolute Gasteiger partial charge is 0.303 e. The van der Waals surface area contributed by atoms with Crippen LogP contribution in [0.1, 0.15) is 38.2 Å². The van der Waals surface area contributed by atoms with E-state index in [1.165, 1.54) is 0 Å². The lowest BCUT2D eigenvalue weighted by molar-refractivity contribution is -0.139. The Morgan fingerprint density at radius 3 is 2.07 bits per heavy atom. The van der Waals surface area contributed by atoms with Crippen LogP contribution in [0.5, 0.6) is 0 Å². The molecular weight excluding hydrogens is 366 g/mol. The summed E-state index contributed by atoms with van der Waals surface area (Å²) in [6.07, 6.45) is -0.204. The van der Waals surface area contributed by atoms with Crippen molar-refractivity contribution >= 4 is 23.8 Å². The Morgan fingerprint density at radius 1 is 0.929 bits per heavy atom. The molecule has 1 rings (SSSR count). The highest BCUT2D eigenvalue weighted by atomic mass is 16.4. The van der Waals surface area contributed by atoms with Gasteiger partial charge < -0.3 is 26.6 Å². The summed E-state index contributed by atoms with van der Waals surface area (Å²) < 4.78 is 0. The van der Waals surface area contributed by atoms with Crippen LogP contribution in [0.15, 0.2) is 30.3 Å². The first-order valence-electron chi connectivity index (χ1n) is 9.03. The minimum absolute atomic E-state index is 0.0845. The van der Waals surface area contributed by atoms with Crippen molar-refractivity contribution in [2.24, 2.45) is 5.73 Å². The molecule has 0 saturated carbocycles. The monoisotopic (exact) mass is 393 g/mol. The zero-order valence-electron chi connectivity index (χ0n) is 15.8. The third kappa shape index (κ3) is 9.13. The van der Waals surface area contributed by atoms with Crippen molar-refractivity contribution in [2.75, 3.05) is 0 Å². The molecular formula is C19H27N3O6. The van der Waals surface area contributed by atoms with Gasteiger partial charge in [-0.1, -0.05) is 30.3 Å². The summed E-state index contributed by atoms with van der Waals surface area (Å²) in [6, 6.07) is 7.10. The molecule has 28 heavy (non-hydrogen) atoms. The van der Waals surface area contributed by atoms with Gasteiger partial charge in [-0.15, -0.1) is 0 Å². The maximum atomic E-state index is 12.5. The Morgan fingerprint density at radius 2 is 1.50 bits per heavy atom. The number of nitrogens with two attached hydrogens (primary N) is 1. The second-order valence-electron chi connectivity index (χ2n) is 6.63. The van der Waals surface area contributed by atoms with Gasteiger partial charge in [-0.3, -0.25) is 19.2 Å². The number of nitrogens with one attached hydrogen (secondary N) is 2. The van der Waals surface area contributed by atoms with E-state index >= 15 is 0 Å². The van der Waals surface area contributed by atoms with Crippen LogP contribution in [0.2, 0.25) is 0 Å². The van der Waals surface area contributed by atoms with Crippen LogP contribution in [0.4, 0.5) is 0 Å². The summed E-state index contributed by atoms with van der Waals surface area (Å²) in [5.74, 6) is -3.39. The summed E-state index contributed by atoms with van der Waals surface area (Å²) in [6.45, 7) is 1.81. The molecule has 0 bridgehead atoms. The second-order valence-corrected chi connectivity index (χ2v) is 6.63. The van der Waals surface area contributed by atoms with E-state index in [9.17, 15) is 19.2 Å². The number of carboxylic acid groups (broad SMARTS) is 2. The third-order valence-electron chi connectivity index (χ3n) is 4.06. The number of carbonyl (C=O) groups is 4. The standard InChI is InChI=1S/C19H27N3O6/c1-12(11-13-5-3-2-4-6-13)21-19(28)15(8-10-17(25)26)22-18(27)14(20)7-9-16(23)24/h2-6,12,14-15H,7-11,20H2,1H3,(H,21,28)(H,22,27)(H,23,24)(H,25,26)/t12?,14-,15-/m0/s1. The highest BCUT2D eigenvalue weighted by Crippen LogP contribution is 2.05. The number of aliphatic carboxylic acids is 2. The number of hydrogen-bond donors (Lipinski definition) is 5. The second kappa shape index (κ2) is 11.7. The summed E-state index contributed by atoms with van der Waals surface area (Å²) in [5, 5.41) is 22.7. The lowest BCUT2D eigenvalue weighted by Crippen LogP contribution is -2.53. The molecule has 2 amide bonds. The molecule has 0 saturated heterocycles. The molecule has 9 nitrogen and oxygen atoms in total. The highest BCUT2D eigenvalue weighted by molar-refractivity contribution is 5.90. The summed E-state index contributed by atoms with van der Waals surface area (Å²) in [7, 11) is 0. The van der Waals surface area contributed by atoms with Gasteiger partial charge in [0.2, 0.25) is 11.8 Å². The van der Waals surface area contributed by atoms with Crippen LogP contribution >= 0.6 is 0 Å². The van der Waals surface area contributed by atoms with Crippen molar-refractivity contribution in [1.82, 2.24) is 10.6 Å². The molecule has 0 spiro atoms. The van der Waals surface area contributed by atoms with E-state index in [1.807, 2.05) is 30.3 Å². The Hall–Kier alpha value is -2.94. The van der Waals surface area contributed by atoms with Crippen LogP contribution in [0.25, 0.3) is 0 Å². The van der Waals surface area contributed by atoms with Gasteiger partial charge in [0.05, 0.1) is 6.04 Å². The number of rotatable bonds is 12. The van der Waals surface area contributed by atoms with E-state index in [2.05, 4.69) is 10.6 Å².